The summed E-state index contributed by atoms with van der Waals surface area (Å²) in [5, 5.41) is 12.1. The van der Waals surface area contributed by atoms with Crippen LogP contribution in [0.3, 0.4) is 0 Å². The zero-order chi connectivity index (χ0) is 35.6. The second kappa shape index (κ2) is 12.2. The Labute approximate surface area is 312 Å². The summed E-state index contributed by atoms with van der Waals surface area (Å²) in [5.74, 6) is 0. The Morgan fingerprint density at radius 3 is 1.35 bits per heavy atom. The number of benzene rings is 10. The Kier molecular flexibility index (Phi) is 6.90. The zero-order valence-corrected chi connectivity index (χ0v) is 29.4. The summed E-state index contributed by atoms with van der Waals surface area (Å²) in [4.78, 5) is 2.36. The van der Waals surface area contributed by atoms with Crippen LogP contribution in [-0.4, -0.2) is 0 Å². The van der Waals surface area contributed by atoms with Crippen molar-refractivity contribution < 1.29 is 4.42 Å². The van der Waals surface area contributed by atoms with Gasteiger partial charge in [-0.3, -0.25) is 0 Å². The molecule has 0 unspecified atom stereocenters. The maximum atomic E-state index is 6.35. The fourth-order valence-electron chi connectivity index (χ4n) is 8.69. The average Bonchev–Trinajstić information content (AvgIpc) is 3.63. The molecule has 0 amide bonds. The van der Waals surface area contributed by atoms with Crippen LogP contribution >= 0.6 is 0 Å². The minimum absolute atomic E-state index is 0.909. The molecule has 0 saturated heterocycles. The van der Waals surface area contributed by atoms with Gasteiger partial charge in [0.2, 0.25) is 0 Å². The van der Waals surface area contributed by atoms with Gasteiger partial charge in [-0.15, -0.1) is 0 Å². The molecular weight excluding hydrogens is 655 g/mol. The van der Waals surface area contributed by atoms with E-state index in [0.717, 1.165) is 39.0 Å². The molecule has 252 valence electrons. The van der Waals surface area contributed by atoms with Gasteiger partial charge in [0.25, 0.3) is 0 Å². The smallest absolute Gasteiger partial charge is 0.136 e. The van der Waals surface area contributed by atoms with Crippen molar-refractivity contribution in [3.8, 4) is 22.3 Å². The molecule has 0 aliphatic carbocycles. The molecule has 0 saturated carbocycles. The van der Waals surface area contributed by atoms with Crippen molar-refractivity contribution in [2.45, 2.75) is 0 Å². The van der Waals surface area contributed by atoms with Crippen LogP contribution in [-0.2, 0) is 0 Å². The van der Waals surface area contributed by atoms with E-state index < -0.39 is 0 Å². The first-order valence-electron chi connectivity index (χ1n) is 18.5. The monoisotopic (exact) mass is 687 g/mol. The van der Waals surface area contributed by atoms with Crippen molar-refractivity contribution >= 4 is 82.1 Å². The lowest BCUT2D eigenvalue weighted by atomic mass is 9.86. The van der Waals surface area contributed by atoms with Crippen molar-refractivity contribution in [3.63, 3.8) is 0 Å². The lowest BCUT2D eigenvalue weighted by Gasteiger charge is -2.27. The normalized spacial score (nSPS) is 11.7. The van der Waals surface area contributed by atoms with E-state index in [-0.39, 0.29) is 0 Å². The number of furan rings is 1. The third-order valence-electron chi connectivity index (χ3n) is 11.0. The molecule has 0 radical (unpaired) electrons. The Hall–Kier alpha value is -7.16. The number of rotatable bonds is 5. The van der Waals surface area contributed by atoms with Gasteiger partial charge >= 0.3 is 0 Å². The van der Waals surface area contributed by atoms with Crippen molar-refractivity contribution in [1.82, 2.24) is 0 Å². The van der Waals surface area contributed by atoms with Crippen LogP contribution < -0.4 is 4.90 Å². The minimum atomic E-state index is 0.909. The molecule has 1 heterocycles. The number of para-hydroxylation sites is 3. The molecule has 0 aliphatic heterocycles. The fraction of sp³-hybridized carbons (Fsp3) is 0. The van der Waals surface area contributed by atoms with Gasteiger partial charge in [-0.1, -0.05) is 146 Å². The van der Waals surface area contributed by atoms with Crippen LogP contribution in [0.1, 0.15) is 0 Å². The second-order valence-corrected chi connectivity index (χ2v) is 14.0. The molecule has 0 fully saturated rings. The van der Waals surface area contributed by atoms with E-state index in [4.69, 9.17) is 4.42 Å². The first-order chi connectivity index (χ1) is 26.8. The van der Waals surface area contributed by atoms with E-state index in [2.05, 4.69) is 199 Å². The third-order valence-corrected chi connectivity index (χ3v) is 11.0. The first kappa shape index (κ1) is 30.5. The number of hydrogen-bond acceptors (Lipinski definition) is 2. The van der Waals surface area contributed by atoms with Gasteiger partial charge in [0.15, 0.2) is 0 Å². The molecule has 2 heteroatoms. The quantitative estimate of drug-likeness (QED) is 0.168. The molecule has 0 atom stereocenters. The molecule has 54 heavy (non-hydrogen) atoms. The Morgan fingerprint density at radius 2 is 0.741 bits per heavy atom. The summed E-state index contributed by atoms with van der Waals surface area (Å²) in [7, 11) is 0. The third kappa shape index (κ3) is 4.67. The SMILES string of the molecule is c1ccc(N(c2ccccc2)c2ccc(-c3cc4c5ccccc5c(-c5cccc6oc7ccccc7c56)cc4c4ccccc34)c3ccccc23)cc1. The summed E-state index contributed by atoms with van der Waals surface area (Å²) in [6.07, 6.45) is 0. The van der Waals surface area contributed by atoms with Gasteiger partial charge in [0, 0.05) is 27.5 Å². The molecule has 0 N–H and O–H groups in total. The van der Waals surface area contributed by atoms with Crippen LogP contribution in [0.4, 0.5) is 17.1 Å². The number of fused-ring (bicyclic) bond motifs is 9. The van der Waals surface area contributed by atoms with Crippen LogP contribution in [0.25, 0.3) is 87.3 Å². The van der Waals surface area contributed by atoms with Crippen molar-refractivity contribution in [2.75, 3.05) is 4.90 Å². The highest BCUT2D eigenvalue weighted by atomic mass is 16.3. The van der Waals surface area contributed by atoms with E-state index in [1.807, 2.05) is 6.07 Å². The van der Waals surface area contributed by atoms with Crippen LogP contribution in [0.5, 0.6) is 0 Å². The first-order valence-corrected chi connectivity index (χ1v) is 18.5. The fourth-order valence-corrected chi connectivity index (χ4v) is 8.69. The van der Waals surface area contributed by atoms with Crippen molar-refractivity contribution in [3.05, 3.63) is 200 Å². The zero-order valence-electron chi connectivity index (χ0n) is 29.4. The topological polar surface area (TPSA) is 16.4 Å². The minimum Gasteiger partial charge on any atom is -0.456 e. The van der Waals surface area contributed by atoms with Crippen molar-refractivity contribution in [1.29, 1.82) is 0 Å². The van der Waals surface area contributed by atoms with E-state index in [1.165, 1.54) is 65.3 Å². The number of hydrogen-bond donors (Lipinski definition) is 0. The van der Waals surface area contributed by atoms with Gasteiger partial charge < -0.3 is 9.32 Å². The summed E-state index contributed by atoms with van der Waals surface area (Å²) in [6, 6.07) is 72.2. The Bertz CT molecular complexity index is 3170. The largest absolute Gasteiger partial charge is 0.456 e. The van der Waals surface area contributed by atoms with Gasteiger partial charge in [-0.25, -0.2) is 0 Å². The lowest BCUT2D eigenvalue weighted by Crippen LogP contribution is -2.10. The standard InChI is InChI=1S/C52H33NO/c1-3-16-34(17-4-1)53(35-18-5-2-6-19-35)49-31-30-41(36-20-11-12-25-42(36)49)45-32-47-40-24-10-8-22-38(40)46(33-48(47)39-23-9-7-21-37(39)45)43-27-15-29-51-52(43)44-26-13-14-28-50(44)54-51/h1-33H. The number of anilines is 3. The lowest BCUT2D eigenvalue weighted by molar-refractivity contribution is 0.669. The van der Waals surface area contributed by atoms with E-state index in [0.29, 0.717) is 0 Å². The molecule has 11 rings (SSSR count). The summed E-state index contributed by atoms with van der Waals surface area (Å²) >= 11 is 0. The van der Waals surface area contributed by atoms with Crippen LogP contribution in [0.15, 0.2) is 205 Å². The molecule has 11 aromatic rings. The Balaban J connectivity index is 1.19. The summed E-state index contributed by atoms with van der Waals surface area (Å²) < 4.78 is 6.35. The van der Waals surface area contributed by atoms with E-state index in [9.17, 15) is 0 Å². The van der Waals surface area contributed by atoms with Gasteiger partial charge in [-0.2, -0.15) is 0 Å². The highest BCUT2D eigenvalue weighted by molar-refractivity contribution is 6.26. The molecule has 0 aliphatic rings. The summed E-state index contributed by atoms with van der Waals surface area (Å²) in [5.41, 5.74) is 10.1. The molecule has 2 nitrogen and oxygen atoms in total. The van der Waals surface area contributed by atoms with Gasteiger partial charge in [-0.05, 0) is 115 Å². The van der Waals surface area contributed by atoms with Crippen LogP contribution in [0.2, 0.25) is 0 Å². The predicted octanol–water partition coefficient (Wildman–Crippen LogP) is 15.0. The second-order valence-electron chi connectivity index (χ2n) is 14.0. The van der Waals surface area contributed by atoms with Crippen molar-refractivity contribution in [2.24, 2.45) is 0 Å². The highest BCUT2D eigenvalue weighted by Crippen LogP contribution is 2.47. The Morgan fingerprint density at radius 1 is 0.278 bits per heavy atom. The molecule has 0 spiro atoms. The number of nitrogens with zero attached hydrogens (tertiary/aromatic N) is 1. The summed E-state index contributed by atoms with van der Waals surface area (Å²) in [6.45, 7) is 0. The maximum absolute atomic E-state index is 6.35. The molecule has 0 bridgehead atoms. The molecule has 1 aromatic heterocycles. The van der Waals surface area contributed by atoms with E-state index in [1.54, 1.807) is 0 Å². The molecular formula is C52H33NO. The van der Waals surface area contributed by atoms with Gasteiger partial charge in [0.05, 0.1) is 5.69 Å². The predicted molar refractivity (Wildman–Crippen MR) is 229 cm³/mol. The van der Waals surface area contributed by atoms with E-state index >= 15 is 0 Å². The molecule has 10 aromatic carbocycles. The van der Waals surface area contributed by atoms with Crippen LogP contribution in [0, 0.1) is 0 Å². The van der Waals surface area contributed by atoms with Gasteiger partial charge in [0.1, 0.15) is 11.2 Å². The maximum Gasteiger partial charge on any atom is 0.136 e. The average molecular weight is 688 g/mol. The highest BCUT2D eigenvalue weighted by Gasteiger charge is 2.21.